The normalized spacial score (nSPS) is 12.3. The minimum Gasteiger partial charge on any atom is -0.508 e. The number of fused-ring (bicyclic) bond motifs is 3. The highest BCUT2D eigenvalue weighted by Crippen LogP contribution is 2.39. The number of nitrogens with one attached hydrogen (secondary N) is 1. The highest BCUT2D eigenvalue weighted by atomic mass is 16.6. The molecule has 8 aromatic carbocycles. The van der Waals surface area contributed by atoms with E-state index < -0.39 is 5.97 Å². The first kappa shape index (κ1) is 80.7. The summed E-state index contributed by atoms with van der Waals surface area (Å²) in [6.45, 7) is 30.4. The van der Waals surface area contributed by atoms with Crippen LogP contribution < -0.4 is 29.0 Å². The molecule has 0 radical (unpaired) electrons. The third-order valence-corrected chi connectivity index (χ3v) is 17.6. The van der Waals surface area contributed by atoms with Gasteiger partial charge in [-0.05, 0) is 138 Å². The summed E-state index contributed by atoms with van der Waals surface area (Å²) in [6.07, 6.45) is 0. The number of ether oxygens (including phenoxy) is 11. The zero-order chi connectivity index (χ0) is 75.2. The smallest absolute Gasteiger partial charge is 0.335 e. The second-order valence-corrected chi connectivity index (χ2v) is 25.8. The lowest BCUT2D eigenvalue weighted by Gasteiger charge is -2.20. The SMILES string of the molecule is C=C(C)c1cc(C(=O)N2Cc3cccc(OCCOCCOC)c3C2)c(C)cc1OCc1ccccc1.C=C(C)c1cc(C(=O)O)c(C)cc1OCc1ccccc1.COCCOCCOc1cccc2c1CN(C(=O)c1cc(C(C)C)c(O)cc1O)C2.COCCOCCOc1cccc2c1CNC2. The molecule has 558 valence electrons. The van der Waals surface area contributed by atoms with Crippen LogP contribution in [0.15, 0.2) is 165 Å². The number of aromatic carboxylic acids is 1. The van der Waals surface area contributed by atoms with Crippen LogP contribution in [0, 0.1) is 13.8 Å². The molecule has 3 aliphatic rings. The van der Waals surface area contributed by atoms with Crippen molar-refractivity contribution in [1.82, 2.24) is 15.1 Å². The Morgan fingerprint density at radius 2 is 0.838 bits per heavy atom. The first-order valence-electron chi connectivity index (χ1n) is 35.2. The van der Waals surface area contributed by atoms with Crippen molar-refractivity contribution in [3.05, 3.63) is 254 Å². The Kier molecular flexibility index (Phi) is 31.8. The van der Waals surface area contributed by atoms with E-state index in [0.29, 0.717) is 141 Å². The number of hydrogen-bond donors (Lipinski definition) is 4. The third-order valence-electron chi connectivity index (χ3n) is 17.6. The van der Waals surface area contributed by atoms with E-state index in [4.69, 9.17) is 52.1 Å². The van der Waals surface area contributed by atoms with E-state index in [-0.39, 0.29) is 40.4 Å². The Morgan fingerprint density at radius 3 is 1.27 bits per heavy atom. The second kappa shape index (κ2) is 41.5. The molecule has 0 aromatic heterocycles. The van der Waals surface area contributed by atoms with Crippen molar-refractivity contribution in [3.63, 3.8) is 0 Å². The lowest BCUT2D eigenvalue weighted by Crippen LogP contribution is -2.26. The van der Waals surface area contributed by atoms with Crippen molar-refractivity contribution in [2.24, 2.45) is 0 Å². The van der Waals surface area contributed by atoms with E-state index in [1.807, 2.05) is 155 Å². The van der Waals surface area contributed by atoms with Crippen LogP contribution in [0.25, 0.3) is 11.1 Å². The molecule has 0 spiro atoms. The molecule has 4 N–H and O–H groups in total. The number of rotatable bonds is 33. The van der Waals surface area contributed by atoms with Crippen LogP contribution in [-0.4, -0.2) is 144 Å². The van der Waals surface area contributed by atoms with Crippen molar-refractivity contribution in [2.75, 3.05) is 101 Å². The van der Waals surface area contributed by atoms with Gasteiger partial charge in [0.25, 0.3) is 11.8 Å². The maximum atomic E-state index is 13.7. The maximum Gasteiger partial charge on any atom is 0.335 e. The molecule has 0 aliphatic carbocycles. The van der Waals surface area contributed by atoms with Crippen LogP contribution in [-0.2, 0) is 80.9 Å². The average Bonchev–Trinajstić information content (AvgIpc) is 1.70. The summed E-state index contributed by atoms with van der Waals surface area (Å²) >= 11 is 0. The number of amides is 2. The molecule has 105 heavy (non-hydrogen) atoms. The number of phenols is 2. The van der Waals surface area contributed by atoms with Crippen molar-refractivity contribution in [2.45, 2.75) is 99.9 Å². The first-order valence-corrected chi connectivity index (χ1v) is 35.2. The van der Waals surface area contributed by atoms with Crippen LogP contribution in [0.2, 0.25) is 0 Å². The summed E-state index contributed by atoms with van der Waals surface area (Å²) in [5.74, 6) is 2.47. The van der Waals surface area contributed by atoms with E-state index in [1.54, 1.807) is 51.4 Å². The van der Waals surface area contributed by atoms with Crippen LogP contribution in [0.5, 0.6) is 40.2 Å². The van der Waals surface area contributed by atoms with E-state index in [0.717, 1.165) is 97.3 Å². The van der Waals surface area contributed by atoms with Gasteiger partial charge in [0.05, 0.1) is 83.7 Å². The third kappa shape index (κ3) is 23.5. The van der Waals surface area contributed by atoms with Crippen molar-refractivity contribution < 1.29 is 81.8 Å². The van der Waals surface area contributed by atoms with Crippen molar-refractivity contribution >= 4 is 28.9 Å². The molecule has 20 nitrogen and oxygen atoms in total. The Labute approximate surface area is 617 Å². The fourth-order valence-electron chi connectivity index (χ4n) is 11.9. The molecule has 3 heterocycles. The van der Waals surface area contributed by atoms with Crippen LogP contribution in [0.4, 0.5) is 0 Å². The lowest BCUT2D eigenvalue weighted by atomic mass is 9.98. The minimum absolute atomic E-state index is 0.00726. The molecule has 3 aliphatic heterocycles. The Balaban J connectivity index is 0.000000184. The molecule has 8 aromatic rings. The van der Waals surface area contributed by atoms with Crippen LogP contribution in [0.1, 0.15) is 137 Å². The van der Waals surface area contributed by atoms with E-state index >= 15 is 0 Å². The van der Waals surface area contributed by atoms with Gasteiger partial charge in [0.15, 0.2) is 0 Å². The van der Waals surface area contributed by atoms with Crippen LogP contribution in [0.3, 0.4) is 0 Å². The highest BCUT2D eigenvalue weighted by molar-refractivity contribution is 5.98. The summed E-state index contributed by atoms with van der Waals surface area (Å²) in [5, 5.41) is 32.8. The number of hydrogen-bond acceptors (Lipinski definition) is 17. The molecule has 0 saturated heterocycles. The average molecular weight is 1440 g/mol. The number of carboxylic acids is 1. The number of nitrogens with zero attached hydrogens (tertiary/aromatic N) is 2. The Bertz CT molecular complexity index is 4180. The topological polar surface area (TPSA) is 232 Å². The van der Waals surface area contributed by atoms with Gasteiger partial charge < -0.3 is 82.5 Å². The number of allylic oxidation sites excluding steroid dienone is 2. The molecular weight excluding hydrogens is 1330 g/mol. The maximum absolute atomic E-state index is 13.7. The van der Waals surface area contributed by atoms with E-state index in [1.165, 1.54) is 17.2 Å². The number of phenolic OH excluding ortho intramolecular Hbond substituents is 2. The van der Waals surface area contributed by atoms with Gasteiger partial charge in [-0.15, -0.1) is 0 Å². The van der Waals surface area contributed by atoms with Crippen molar-refractivity contribution in [3.8, 4) is 40.2 Å². The number of carbonyl (C=O) groups is 3. The molecular formula is C85H101N3O17. The van der Waals surface area contributed by atoms with Crippen molar-refractivity contribution in [1.29, 1.82) is 0 Å². The molecule has 20 heteroatoms. The standard InChI is InChI=1S/C31H35NO5.C23H29NO6.C18H18O3.C13H19NO3/c1-22(2)26-18-27(23(3)17-30(26)37-21-24-9-6-5-7-10-24)31(33)32-19-25-11-8-12-29(28(25)20-32)36-16-15-35-14-13-34-4;1-15(2)17-11-18(21(26)12-20(17)25)23(27)24-13-16-5-4-6-22(19(16)14-24)30-10-9-29-8-7-28-3;1-12(2)15-10-16(18(19)20)13(3)9-17(15)21-11-14-7-5-4-6-8-14;1-15-5-6-16-7-8-17-13-4-2-3-11-9-14-10-12(11)13/h5-12,17-18H,1,13-16,19-21H2,2-4H3;4-6,11-12,15,25-26H,7-10,13-14H2,1-3H3;4-10H,1,11H2,2-3H3,(H,19,20);2-4,14H,5-10H2,1H3. The largest absolute Gasteiger partial charge is 0.508 e. The number of aromatic hydroxyl groups is 2. The summed E-state index contributed by atoms with van der Waals surface area (Å²) < 4.78 is 60.6. The molecule has 0 fully saturated rings. The predicted molar refractivity (Wildman–Crippen MR) is 406 cm³/mol. The quantitative estimate of drug-likeness (QED) is 0.0280. The van der Waals surface area contributed by atoms with Gasteiger partial charge in [0.2, 0.25) is 0 Å². The predicted octanol–water partition coefficient (Wildman–Crippen LogP) is 14.9. The van der Waals surface area contributed by atoms with E-state index in [9.17, 15) is 29.7 Å². The van der Waals surface area contributed by atoms with Gasteiger partial charge >= 0.3 is 5.97 Å². The number of carbonyl (C=O) groups excluding carboxylic acids is 2. The summed E-state index contributed by atoms with van der Waals surface area (Å²) in [6, 6.07) is 47.9. The lowest BCUT2D eigenvalue weighted by molar-refractivity contribution is 0.0541. The summed E-state index contributed by atoms with van der Waals surface area (Å²) in [4.78, 5) is 41.5. The Morgan fingerprint density at radius 1 is 0.429 bits per heavy atom. The Hall–Kier alpha value is -10.0. The van der Waals surface area contributed by atoms with Gasteiger partial charge in [-0.1, -0.05) is 124 Å². The van der Waals surface area contributed by atoms with Gasteiger partial charge in [0, 0.05) is 87.0 Å². The van der Waals surface area contributed by atoms with E-state index in [2.05, 4.69) is 30.6 Å². The minimum atomic E-state index is -0.940. The monoisotopic (exact) mass is 1440 g/mol. The molecule has 0 saturated carbocycles. The second-order valence-electron chi connectivity index (χ2n) is 25.8. The molecule has 2 amide bonds. The fraction of sp³-hybridized carbons (Fsp3) is 0.353. The van der Waals surface area contributed by atoms with Gasteiger partial charge in [0.1, 0.15) is 73.3 Å². The van der Waals surface area contributed by atoms with Gasteiger partial charge in [-0.25, -0.2) is 4.79 Å². The summed E-state index contributed by atoms with van der Waals surface area (Å²) in [7, 11) is 4.94. The first-order chi connectivity index (χ1) is 50.8. The van der Waals surface area contributed by atoms with Gasteiger partial charge in [-0.3, -0.25) is 9.59 Å². The molecule has 0 unspecified atom stereocenters. The number of carboxylic acid groups (broad SMARTS) is 1. The van der Waals surface area contributed by atoms with Crippen LogP contribution >= 0.6 is 0 Å². The molecule has 0 atom stereocenters. The molecule has 0 bridgehead atoms. The zero-order valence-electron chi connectivity index (χ0n) is 62.0. The number of benzene rings is 8. The molecule has 11 rings (SSSR count). The fourth-order valence-corrected chi connectivity index (χ4v) is 11.9. The van der Waals surface area contributed by atoms with Gasteiger partial charge in [-0.2, -0.15) is 0 Å². The zero-order valence-corrected chi connectivity index (χ0v) is 62.0. The number of methoxy groups -OCH3 is 3. The highest BCUT2D eigenvalue weighted by Gasteiger charge is 2.31. The number of aryl methyl sites for hydroxylation is 2. The summed E-state index contributed by atoms with van der Waals surface area (Å²) in [5.41, 5.74) is 15.4.